The smallest absolute Gasteiger partial charge is 0.244 e. The fraction of sp³-hybridized carbons (Fsp3) is 0.300. The molecule has 0 unspecified atom stereocenters. The van der Waals surface area contributed by atoms with Crippen molar-refractivity contribution in [1.29, 1.82) is 5.26 Å². The molecule has 138 valence electrons. The van der Waals surface area contributed by atoms with Gasteiger partial charge >= 0.3 is 0 Å². The molecule has 3 rings (SSSR count). The van der Waals surface area contributed by atoms with Crippen molar-refractivity contribution in [3.63, 3.8) is 0 Å². The third-order valence-electron chi connectivity index (χ3n) is 4.48. The number of anilines is 1. The zero-order valence-corrected chi connectivity index (χ0v) is 16.5. The first-order chi connectivity index (χ1) is 13.0. The summed E-state index contributed by atoms with van der Waals surface area (Å²) < 4.78 is 4.02. The van der Waals surface area contributed by atoms with Crippen LogP contribution in [0, 0.1) is 11.3 Å². The second kappa shape index (κ2) is 8.19. The van der Waals surface area contributed by atoms with E-state index in [-0.39, 0.29) is 0 Å². The van der Waals surface area contributed by atoms with Crippen LogP contribution in [0.2, 0.25) is 5.02 Å². The van der Waals surface area contributed by atoms with Crippen LogP contribution < -0.4 is 9.47 Å². The highest BCUT2D eigenvalue weighted by atomic mass is 35.5. The number of aryl methyl sites for hydroxylation is 2. The minimum atomic E-state index is 0.508. The quantitative estimate of drug-likeness (QED) is 0.454. The van der Waals surface area contributed by atoms with E-state index in [1.165, 1.54) is 0 Å². The molecule has 0 aliphatic heterocycles. The highest BCUT2D eigenvalue weighted by Crippen LogP contribution is 2.30. The number of benzene rings is 2. The van der Waals surface area contributed by atoms with Crippen LogP contribution in [0.4, 0.5) is 17.1 Å². The van der Waals surface area contributed by atoms with Crippen LogP contribution >= 0.6 is 11.6 Å². The Bertz CT molecular complexity index is 1010. The maximum absolute atomic E-state index is 8.78. The SMILES string of the molecule is CCN(CCC#N)c1ccc(N=Nc2cc(Cl)cc3c2[n+](C)cn3C)cc1. The van der Waals surface area contributed by atoms with Crippen LogP contribution in [-0.2, 0) is 14.1 Å². The molecule has 0 bridgehead atoms. The molecule has 0 spiro atoms. The molecule has 1 heterocycles. The second-order valence-corrected chi connectivity index (χ2v) is 6.77. The largest absolute Gasteiger partial charge is 0.371 e. The third kappa shape index (κ3) is 4.09. The Morgan fingerprint density at radius 3 is 2.63 bits per heavy atom. The Labute approximate surface area is 163 Å². The lowest BCUT2D eigenvalue weighted by molar-refractivity contribution is -0.645. The van der Waals surface area contributed by atoms with E-state index in [2.05, 4.69) is 28.1 Å². The first kappa shape index (κ1) is 18.9. The van der Waals surface area contributed by atoms with Gasteiger partial charge in [-0.2, -0.15) is 10.4 Å². The van der Waals surface area contributed by atoms with Gasteiger partial charge in [0.1, 0.15) is 5.69 Å². The monoisotopic (exact) mass is 381 g/mol. The minimum absolute atomic E-state index is 0.508. The molecule has 6 nitrogen and oxygen atoms in total. The van der Waals surface area contributed by atoms with E-state index >= 15 is 0 Å². The molecule has 3 aromatic rings. The summed E-state index contributed by atoms with van der Waals surface area (Å²) >= 11 is 6.25. The third-order valence-corrected chi connectivity index (χ3v) is 4.70. The average Bonchev–Trinajstić information content (AvgIpc) is 2.95. The van der Waals surface area contributed by atoms with Gasteiger partial charge in [-0.25, -0.2) is 9.13 Å². The fourth-order valence-electron chi connectivity index (χ4n) is 3.15. The molecular formula is C20H22ClN6+. The van der Waals surface area contributed by atoms with Crippen LogP contribution in [0.5, 0.6) is 0 Å². The summed E-state index contributed by atoms with van der Waals surface area (Å²) in [5.74, 6) is 0. The van der Waals surface area contributed by atoms with Gasteiger partial charge in [-0.05, 0) is 37.3 Å². The van der Waals surface area contributed by atoms with Crippen molar-refractivity contribution in [2.45, 2.75) is 13.3 Å². The predicted octanol–water partition coefficient (Wildman–Crippen LogP) is 4.81. The van der Waals surface area contributed by atoms with Crippen molar-refractivity contribution in [2.24, 2.45) is 24.3 Å². The highest BCUT2D eigenvalue weighted by molar-refractivity contribution is 6.31. The van der Waals surface area contributed by atoms with Crippen LogP contribution in [0.3, 0.4) is 0 Å². The van der Waals surface area contributed by atoms with E-state index < -0.39 is 0 Å². The van der Waals surface area contributed by atoms with Crippen LogP contribution in [0.15, 0.2) is 53.0 Å². The van der Waals surface area contributed by atoms with E-state index in [4.69, 9.17) is 16.9 Å². The molecule has 27 heavy (non-hydrogen) atoms. The van der Waals surface area contributed by atoms with Gasteiger partial charge in [-0.1, -0.05) is 11.6 Å². The molecule has 0 aliphatic rings. The van der Waals surface area contributed by atoms with Crippen molar-refractivity contribution < 1.29 is 4.57 Å². The molecule has 0 fully saturated rings. The standard InChI is InChI=1S/C20H22ClN6/c1-4-27(11-5-10-22)17-8-6-16(7-9-17)23-24-18-12-15(21)13-19-20(18)26(3)14-25(19)2/h6-9,12-14H,4-5,11H2,1-3H3/q+1. The normalized spacial score (nSPS) is 11.2. The summed E-state index contributed by atoms with van der Waals surface area (Å²) in [5.41, 5.74) is 4.56. The number of fused-ring (bicyclic) bond motifs is 1. The molecule has 0 radical (unpaired) electrons. The van der Waals surface area contributed by atoms with Crippen molar-refractivity contribution >= 4 is 39.7 Å². The van der Waals surface area contributed by atoms with Gasteiger partial charge in [0, 0.05) is 29.9 Å². The maximum atomic E-state index is 8.78. The summed E-state index contributed by atoms with van der Waals surface area (Å²) in [7, 11) is 3.95. The molecule has 0 aliphatic carbocycles. The van der Waals surface area contributed by atoms with E-state index in [1.807, 2.05) is 66.0 Å². The summed E-state index contributed by atoms with van der Waals surface area (Å²) in [6.45, 7) is 3.65. The molecular weight excluding hydrogens is 360 g/mol. The number of rotatable bonds is 6. The topological polar surface area (TPSA) is 60.6 Å². The van der Waals surface area contributed by atoms with Gasteiger partial charge in [0.25, 0.3) is 0 Å². The fourth-order valence-corrected chi connectivity index (χ4v) is 3.36. The summed E-state index contributed by atoms with van der Waals surface area (Å²) in [6.07, 6.45) is 2.49. The van der Waals surface area contributed by atoms with Gasteiger partial charge in [0.2, 0.25) is 11.8 Å². The molecule has 2 aromatic carbocycles. The summed E-state index contributed by atoms with van der Waals surface area (Å²) in [5, 5.41) is 18.2. The Kier molecular flexibility index (Phi) is 5.72. The van der Waals surface area contributed by atoms with Crippen molar-refractivity contribution in [1.82, 2.24) is 4.57 Å². The van der Waals surface area contributed by atoms with Crippen LogP contribution in [0.1, 0.15) is 13.3 Å². The number of halogens is 1. The Morgan fingerprint density at radius 1 is 1.22 bits per heavy atom. The maximum Gasteiger partial charge on any atom is 0.244 e. The highest BCUT2D eigenvalue weighted by Gasteiger charge is 2.16. The molecule has 0 saturated heterocycles. The second-order valence-electron chi connectivity index (χ2n) is 6.33. The lowest BCUT2D eigenvalue weighted by Gasteiger charge is -2.21. The van der Waals surface area contributed by atoms with Gasteiger partial charge < -0.3 is 4.90 Å². The number of hydrogen-bond donors (Lipinski definition) is 0. The summed E-state index contributed by atoms with van der Waals surface area (Å²) in [4.78, 5) is 2.16. The Morgan fingerprint density at radius 2 is 1.96 bits per heavy atom. The predicted molar refractivity (Wildman–Crippen MR) is 108 cm³/mol. The van der Waals surface area contributed by atoms with Gasteiger partial charge in [0.15, 0.2) is 5.52 Å². The number of imidazole rings is 1. The first-order valence-corrected chi connectivity index (χ1v) is 9.19. The van der Waals surface area contributed by atoms with E-state index in [9.17, 15) is 0 Å². The van der Waals surface area contributed by atoms with E-state index in [0.29, 0.717) is 11.4 Å². The van der Waals surface area contributed by atoms with Gasteiger partial charge in [-0.15, -0.1) is 5.11 Å². The number of aromatic nitrogens is 2. The number of nitriles is 1. The molecule has 0 saturated carbocycles. The minimum Gasteiger partial charge on any atom is -0.371 e. The van der Waals surface area contributed by atoms with Crippen molar-refractivity contribution in [2.75, 3.05) is 18.0 Å². The number of hydrogen-bond acceptors (Lipinski definition) is 4. The first-order valence-electron chi connectivity index (χ1n) is 8.81. The number of nitrogens with zero attached hydrogens (tertiary/aromatic N) is 6. The molecule has 0 amide bonds. The van der Waals surface area contributed by atoms with Gasteiger partial charge in [-0.3, -0.25) is 0 Å². The van der Waals surface area contributed by atoms with Crippen molar-refractivity contribution in [3.8, 4) is 6.07 Å². The Hall–Kier alpha value is -2.91. The van der Waals surface area contributed by atoms with E-state index in [1.54, 1.807) is 0 Å². The lowest BCUT2D eigenvalue weighted by Crippen LogP contribution is -2.25. The zero-order chi connectivity index (χ0) is 19.4. The van der Waals surface area contributed by atoms with Crippen LogP contribution in [-0.4, -0.2) is 17.7 Å². The van der Waals surface area contributed by atoms with Crippen LogP contribution in [0.25, 0.3) is 11.0 Å². The molecule has 7 heteroatoms. The summed E-state index contributed by atoms with van der Waals surface area (Å²) in [6, 6.07) is 13.8. The number of azo groups is 1. The molecule has 0 atom stereocenters. The van der Waals surface area contributed by atoms with Crippen molar-refractivity contribution in [3.05, 3.63) is 47.7 Å². The van der Waals surface area contributed by atoms with E-state index in [0.717, 1.165) is 41.2 Å². The molecule has 1 aromatic heterocycles. The Balaban J connectivity index is 1.87. The van der Waals surface area contributed by atoms with Gasteiger partial charge in [0.05, 0.1) is 32.3 Å². The lowest BCUT2D eigenvalue weighted by atomic mass is 10.2. The molecule has 0 N–H and O–H groups in total. The zero-order valence-electron chi connectivity index (χ0n) is 15.7. The average molecular weight is 382 g/mol.